The van der Waals surface area contributed by atoms with Gasteiger partial charge in [0.1, 0.15) is 0 Å². The third kappa shape index (κ3) is 0.459. The van der Waals surface area contributed by atoms with Gasteiger partial charge in [0, 0.05) is 0 Å². The van der Waals surface area contributed by atoms with Crippen LogP contribution in [0.4, 0.5) is 0 Å². The molecule has 0 aromatic rings. The Labute approximate surface area is 49.9 Å². The smallest absolute Gasteiger partial charge is 0.00265 e. The number of allylic oxidation sites excluding steroid dienone is 3. The Morgan fingerprint density at radius 1 is 1.62 bits per heavy atom. The van der Waals surface area contributed by atoms with Gasteiger partial charge < -0.3 is 0 Å². The lowest BCUT2D eigenvalue weighted by Gasteiger charge is -1.67. The standard InChI is InChI=1S/C8H10/c1-5-3-7(5)8-4-6(8)2/h6H,1,3-4H2,2H3. The summed E-state index contributed by atoms with van der Waals surface area (Å²) in [5, 5.41) is 0. The summed E-state index contributed by atoms with van der Waals surface area (Å²) < 4.78 is 0. The molecule has 0 radical (unpaired) electrons. The molecule has 0 spiro atoms. The van der Waals surface area contributed by atoms with Crippen LogP contribution in [0.15, 0.2) is 23.3 Å². The van der Waals surface area contributed by atoms with E-state index in [0.29, 0.717) is 0 Å². The second-order valence-electron chi connectivity index (χ2n) is 2.89. The molecule has 0 bridgehead atoms. The van der Waals surface area contributed by atoms with Crippen molar-refractivity contribution in [2.75, 3.05) is 0 Å². The van der Waals surface area contributed by atoms with Gasteiger partial charge in [0.05, 0.1) is 0 Å². The van der Waals surface area contributed by atoms with Crippen LogP contribution in [0.25, 0.3) is 0 Å². The van der Waals surface area contributed by atoms with Crippen molar-refractivity contribution in [2.24, 2.45) is 5.92 Å². The van der Waals surface area contributed by atoms with E-state index in [1.54, 1.807) is 11.1 Å². The van der Waals surface area contributed by atoms with Crippen LogP contribution in [0.1, 0.15) is 19.8 Å². The van der Waals surface area contributed by atoms with Gasteiger partial charge in [-0.3, -0.25) is 0 Å². The van der Waals surface area contributed by atoms with Crippen molar-refractivity contribution in [1.82, 2.24) is 0 Å². The lowest BCUT2D eigenvalue weighted by atomic mass is 10.4. The van der Waals surface area contributed by atoms with Crippen molar-refractivity contribution in [3.63, 3.8) is 0 Å². The third-order valence-corrected chi connectivity index (χ3v) is 2.04. The van der Waals surface area contributed by atoms with Crippen LogP contribution in [0.3, 0.4) is 0 Å². The van der Waals surface area contributed by atoms with Crippen molar-refractivity contribution >= 4 is 0 Å². The molecule has 0 amide bonds. The molecule has 1 unspecified atom stereocenters. The van der Waals surface area contributed by atoms with E-state index in [9.17, 15) is 0 Å². The molecule has 2 rings (SSSR count). The first-order valence-electron chi connectivity index (χ1n) is 3.19. The van der Waals surface area contributed by atoms with Crippen LogP contribution in [0.2, 0.25) is 0 Å². The van der Waals surface area contributed by atoms with Crippen molar-refractivity contribution in [3.05, 3.63) is 23.3 Å². The maximum absolute atomic E-state index is 3.89. The topological polar surface area (TPSA) is 0 Å². The summed E-state index contributed by atoms with van der Waals surface area (Å²) >= 11 is 0. The summed E-state index contributed by atoms with van der Waals surface area (Å²) in [6, 6.07) is 0. The molecule has 0 aliphatic heterocycles. The van der Waals surface area contributed by atoms with E-state index in [2.05, 4.69) is 13.5 Å². The molecule has 2 saturated carbocycles. The van der Waals surface area contributed by atoms with Crippen molar-refractivity contribution in [1.29, 1.82) is 0 Å². The predicted octanol–water partition coefficient (Wildman–Crippen LogP) is 2.28. The molecule has 8 heavy (non-hydrogen) atoms. The molecule has 0 saturated heterocycles. The molecule has 0 nitrogen and oxygen atoms in total. The van der Waals surface area contributed by atoms with Gasteiger partial charge in [-0.1, -0.05) is 19.1 Å². The summed E-state index contributed by atoms with van der Waals surface area (Å²) in [7, 11) is 0. The van der Waals surface area contributed by atoms with Gasteiger partial charge in [-0.2, -0.15) is 0 Å². The maximum atomic E-state index is 3.89. The van der Waals surface area contributed by atoms with E-state index in [1.807, 2.05) is 0 Å². The zero-order chi connectivity index (χ0) is 5.72. The lowest BCUT2D eigenvalue weighted by Crippen LogP contribution is -1.52. The number of hydrogen-bond donors (Lipinski definition) is 0. The quantitative estimate of drug-likeness (QED) is 0.444. The van der Waals surface area contributed by atoms with Gasteiger partial charge >= 0.3 is 0 Å². The fourth-order valence-electron chi connectivity index (χ4n) is 1.20. The zero-order valence-electron chi connectivity index (χ0n) is 5.20. The molecule has 0 N–H and O–H groups in total. The van der Waals surface area contributed by atoms with Crippen LogP contribution >= 0.6 is 0 Å². The third-order valence-electron chi connectivity index (χ3n) is 2.04. The molecule has 2 aliphatic rings. The first-order chi connectivity index (χ1) is 3.79. The van der Waals surface area contributed by atoms with E-state index in [0.717, 1.165) is 5.92 Å². The number of rotatable bonds is 0. The maximum Gasteiger partial charge on any atom is -0.00265 e. The van der Waals surface area contributed by atoms with Gasteiger partial charge in [0.25, 0.3) is 0 Å². The van der Waals surface area contributed by atoms with E-state index in [4.69, 9.17) is 0 Å². The summed E-state index contributed by atoms with van der Waals surface area (Å²) in [5.41, 5.74) is 4.68. The van der Waals surface area contributed by atoms with Crippen molar-refractivity contribution in [2.45, 2.75) is 19.8 Å². The van der Waals surface area contributed by atoms with Crippen LogP contribution in [0.5, 0.6) is 0 Å². The average molecular weight is 106 g/mol. The highest BCUT2D eigenvalue weighted by atomic mass is 14.4. The minimum absolute atomic E-state index is 0.907. The molecule has 1 atom stereocenters. The van der Waals surface area contributed by atoms with Crippen LogP contribution < -0.4 is 0 Å². The Morgan fingerprint density at radius 2 is 2.12 bits per heavy atom. The van der Waals surface area contributed by atoms with Gasteiger partial charge in [-0.25, -0.2) is 0 Å². The minimum atomic E-state index is 0.907. The first kappa shape index (κ1) is 4.37. The zero-order valence-corrected chi connectivity index (χ0v) is 5.20. The van der Waals surface area contributed by atoms with Gasteiger partial charge in [-0.05, 0) is 29.9 Å². The van der Waals surface area contributed by atoms with Gasteiger partial charge in [0.2, 0.25) is 0 Å². The summed E-state index contributed by atoms with van der Waals surface area (Å²) in [6.45, 7) is 6.17. The van der Waals surface area contributed by atoms with Crippen molar-refractivity contribution in [3.8, 4) is 0 Å². The van der Waals surface area contributed by atoms with Gasteiger partial charge in [-0.15, -0.1) is 0 Å². The van der Waals surface area contributed by atoms with Crippen LogP contribution in [-0.4, -0.2) is 0 Å². The Morgan fingerprint density at radius 3 is 2.25 bits per heavy atom. The van der Waals surface area contributed by atoms with Crippen LogP contribution in [0, 0.1) is 5.92 Å². The molecule has 42 valence electrons. The highest BCUT2D eigenvalue weighted by molar-refractivity contribution is 5.55. The Kier molecular flexibility index (Phi) is 0.585. The second kappa shape index (κ2) is 1.07. The van der Waals surface area contributed by atoms with Crippen LogP contribution in [-0.2, 0) is 0 Å². The predicted molar refractivity (Wildman–Crippen MR) is 34.6 cm³/mol. The van der Waals surface area contributed by atoms with Gasteiger partial charge in [0.15, 0.2) is 0 Å². The molecular weight excluding hydrogens is 96.1 g/mol. The molecular formula is C8H10. The molecule has 0 heteroatoms. The fourth-order valence-corrected chi connectivity index (χ4v) is 1.20. The minimum Gasteiger partial charge on any atom is -0.0952 e. The lowest BCUT2D eigenvalue weighted by molar-refractivity contribution is 1.02. The molecule has 0 heterocycles. The van der Waals surface area contributed by atoms with E-state index in [-0.39, 0.29) is 0 Å². The Balaban J connectivity index is 2.27. The average Bonchev–Trinajstić information content (AvgIpc) is 2.47. The highest BCUT2D eigenvalue weighted by Gasteiger charge is 2.34. The second-order valence-corrected chi connectivity index (χ2v) is 2.89. The molecule has 0 aromatic carbocycles. The molecule has 2 fully saturated rings. The summed E-state index contributed by atoms with van der Waals surface area (Å²) in [5.74, 6) is 0.907. The monoisotopic (exact) mass is 106 g/mol. The molecule has 2 aliphatic carbocycles. The van der Waals surface area contributed by atoms with E-state index >= 15 is 0 Å². The Hall–Kier alpha value is -0.520. The normalized spacial score (nSPS) is 42.6. The Bertz CT molecular complexity index is 184. The summed E-state index contributed by atoms with van der Waals surface area (Å²) in [6.07, 6.45) is 2.58. The highest BCUT2D eigenvalue weighted by Crippen LogP contribution is 2.50. The fraction of sp³-hybridized carbons (Fsp3) is 0.500. The van der Waals surface area contributed by atoms with E-state index in [1.165, 1.54) is 18.4 Å². The van der Waals surface area contributed by atoms with Crippen molar-refractivity contribution < 1.29 is 0 Å². The largest absolute Gasteiger partial charge is 0.0952 e. The van der Waals surface area contributed by atoms with E-state index < -0.39 is 0 Å². The first-order valence-corrected chi connectivity index (χ1v) is 3.19. The summed E-state index contributed by atoms with van der Waals surface area (Å²) in [4.78, 5) is 0. The number of hydrogen-bond acceptors (Lipinski definition) is 0. The molecule has 0 aromatic heterocycles. The SMILES string of the molecule is C=C1CC1=C1CC1C.